The molecule has 0 aliphatic carbocycles. The van der Waals surface area contributed by atoms with Crippen molar-refractivity contribution < 1.29 is 9.53 Å². The number of amides is 1. The molecule has 0 bridgehead atoms. The molecule has 0 atom stereocenters. The Morgan fingerprint density at radius 3 is 2.39 bits per heavy atom. The molecule has 8 nitrogen and oxygen atoms in total. The topological polar surface area (TPSA) is 76.4 Å². The molecule has 1 fully saturated rings. The van der Waals surface area contributed by atoms with E-state index in [1.54, 1.807) is 13.4 Å². The van der Waals surface area contributed by atoms with E-state index in [9.17, 15) is 4.79 Å². The molecule has 0 radical (unpaired) electrons. The van der Waals surface area contributed by atoms with Crippen molar-refractivity contribution in [3.63, 3.8) is 0 Å². The summed E-state index contributed by atoms with van der Waals surface area (Å²) in [5.74, 6) is 2.60. The smallest absolute Gasteiger partial charge is 0.227 e. The summed E-state index contributed by atoms with van der Waals surface area (Å²) in [5.41, 5.74) is 4.04. The minimum atomic E-state index is 0.148. The van der Waals surface area contributed by atoms with Gasteiger partial charge in [-0.15, -0.1) is 0 Å². The normalized spacial score (nSPS) is 14.1. The quantitative estimate of drug-likeness (QED) is 0.631. The summed E-state index contributed by atoms with van der Waals surface area (Å²) in [4.78, 5) is 25.7. The van der Waals surface area contributed by atoms with Gasteiger partial charge in [0.1, 0.15) is 17.9 Å². The van der Waals surface area contributed by atoms with E-state index >= 15 is 0 Å². The van der Waals surface area contributed by atoms with Crippen molar-refractivity contribution in [3.05, 3.63) is 59.2 Å². The Morgan fingerprint density at radius 1 is 1.00 bits per heavy atom. The average Bonchev–Trinajstić information content (AvgIpc) is 3.12. The lowest BCUT2D eigenvalue weighted by atomic mass is 10.1. The van der Waals surface area contributed by atoms with Gasteiger partial charge < -0.3 is 14.5 Å². The van der Waals surface area contributed by atoms with Crippen molar-refractivity contribution in [1.29, 1.82) is 0 Å². The van der Waals surface area contributed by atoms with Gasteiger partial charge >= 0.3 is 0 Å². The molecule has 1 saturated heterocycles. The maximum Gasteiger partial charge on any atom is 0.227 e. The Kier molecular flexibility index (Phi) is 5.88. The molecule has 162 valence electrons. The highest BCUT2D eigenvalue weighted by Gasteiger charge is 2.22. The maximum atomic E-state index is 12.8. The fraction of sp³-hybridized carbons (Fsp3) is 0.391. The SMILES string of the molecule is COc1ccc(CC(=O)N2CCN(c3cc(-n4nc(C)cc4C)ncn3)CC2)cc1C. The summed E-state index contributed by atoms with van der Waals surface area (Å²) in [5, 5.41) is 4.51. The number of ether oxygens (including phenoxy) is 1. The molecule has 31 heavy (non-hydrogen) atoms. The van der Waals surface area contributed by atoms with Crippen LogP contribution in [0.1, 0.15) is 22.5 Å². The number of methoxy groups -OCH3 is 1. The molecule has 8 heteroatoms. The molecule has 1 aliphatic heterocycles. The van der Waals surface area contributed by atoms with Crippen LogP contribution >= 0.6 is 0 Å². The van der Waals surface area contributed by atoms with Crippen LogP contribution in [0.15, 0.2) is 36.7 Å². The first kappa shape index (κ1) is 20.8. The summed E-state index contributed by atoms with van der Waals surface area (Å²) in [6, 6.07) is 9.88. The van der Waals surface area contributed by atoms with E-state index in [2.05, 4.69) is 20.0 Å². The molecule has 4 rings (SSSR count). The zero-order chi connectivity index (χ0) is 22.0. The van der Waals surface area contributed by atoms with E-state index < -0.39 is 0 Å². The molecule has 0 unspecified atom stereocenters. The maximum absolute atomic E-state index is 12.8. The van der Waals surface area contributed by atoms with Crippen LogP contribution in [0.4, 0.5) is 5.82 Å². The van der Waals surface area contributed by atoms with E-state index in [0.29, 0.717) is 19.5 Å². The molecular weight excluding hydrogens is 392 g/mol. The largest absolute Gasteiger partial charge is 0.496 e. The van der Waals surface area contributed by atoms with Crippen LogP contribution in [0, 0.1) is 20.8 Å². The lowest BCUT2D eigenvalue weighted by Gasteiger charge is -2.35. The van der Waals surface area contributed by atoms with Crippen molar-refractivity contribution in [1.82, 2.24) is 24.6 Å². The molecule has 2 aromatic heterocycles. The van der Waals surface area contributed by atoms with Crippen molar-refractivity contribution in [2.24, 2.45) is 0 Å². The third-order valence-electron chi connectivity index (χ3n) is 5.64. The van der Waals surface area contributed by atoms with Crippen LogP contribution in [0.3, 0.4) is 0 Å². The van der Waals surface area contributed by atoms with Gasteiger partial charge in [0.25, 0.3) is 0 Å². The fourth-order valence-electron chi connectivity index (χ4n) is 4.01. The lowest BCUT2D eigenvalue weighted by molar-refractivity contribution is -0.130. The summed E-state index contributed by atoms with van der Waals surface area (Å²) >= 11 is 0. The molecule has 0 N–H and O–H groups in total. The highest BCUT2D eigenvalue weighted by Crippen LogP contribution is 2.20. The highest BCUT2D eigenvalue weighted by molar-refractivity contribution is 5.79. The van der Waals surface area contributed by atoms with Gasteiger partial charge in [-0.1, -0.05) is 12.1 Å². The van der Waals surface area contributed by atoms with Gasteiger partial charge in [-0.3, -0.25) is 4.79 Å². The van der Waals surface area contributed by atoms with Crippen LogP contribution in [-0.2, 0) is 11.2 Å². The third-order valence-corrected chi connectivity index (χ3v) is 5.64. The van der Waals surface area contributed by atoms with Crippen LogP contribution in [0.25, 0.3) is 5.82 Å². The van der Waals surface area contributed by atoms with Crippen LogP contribution < -0.4 is 9.64 Å². The first-order valence-corrected chi connectivity index (χ1v) is 10.5. The standard InChI is InChI=1S/C23H28N6O2/c1-16-11-19(5-6-20(16)31-4)13-23(30)28-9-7-27(8-10-28)21-14-22(25-15-24-21)29-18(3)12-17(2)26-29/h5-6,11-12,14-15H,7-10,13H2,1-4H3. The number of aromatic nitrogens is 4. The second kappa shape index (κ2) is 8.75. The number of aryl methyl sites for hydroxylation is 3. The first-order valence-electron chi connectivity index (χ1n) is 10.5. The molecule has 0 saturated carbocycles. The highest BCUT2D eigenvalue weighted by atomic mass is 16.5. The van der Waals surface area contributed by atoms with Gasteiger partial charge in [0, 0.05) is 37.9 Å². The van der Waals surface area contributed by atoms with Crippen molar-refractivity contribution >= 4 is 11.7 Å². The van der Waals surface area contributed by atoms with Gasteiger partial charge in [-0.25, -0.2) is 14.6 Å². The Hall–Kier alpha value is -3.42. The van der Waals surface area contributed by atoms with Crippen LogP contribution in [-0.4, -0.2) is 63.8 Å². The number of carbonyl (C=O) groups is 1. The number of anilines is 1. The predicted octanol–water partition coefficient (Wildman–Crippen LogP) is 2.49. The Labute approximate surface area is 182 Å². The summed E-state index contributed by atoms with van der Waals surface area (Å²) < 4.78 is 7.13. The van der Waals surface area contributed by atoms with E-state index in [0.717, 1.165) is 53.0 Å². The van der Waals surface area contributed by atoms with E-state index in [1.165, 1.54) is 0 Å². The lowest BCUT2D eigenvalue weighted by Crippen LogP contribution is -2.49. The van der Waals surface area contributed by atoms with Gasteiger partial charge in [-0.05, 0) is 44.0 Å². The third kappa shape index (κ3) is 4.52. The Balaban J connectivity index is 1.38. The van der Waals surface area contributed by atoms with E-state index in [4.69, 9.17) is 4.74 Å². The number of carbonyl (C=O) groups excluding carboxylic acids is 1. The zero-order valence-corrected chi connectivity index (χ0v) is 18.5. The van der Waals surface area contributed by atoms with Crippen LogP contribution in [0.5, 0.6) is 5.75 Å². The minimum Gasteiger partial charge on any atom is -0.496 e. The number of hydrogen-bond acceptors (Lipinski definition) is 6. The molecule has 3 aromatic rings. The monoisotopic (exact) mass is 420 g/mol. The molecule has 1 aliphatic rings. The second-order valence-electron chi connectivity index (χ2n) is 7.92. The van der Waals surface area contributed by atoms with Gasteiger partial charge in [0.05, 0.1) is 19.2 Å². The minimum absolute atomic E-state index is 0.148. The van der Waals surface area contributed by atoms with E-state index in [1.807, 2.05) is 60.7 Å². The number of nitrogens with zero attached hydrogens (tertiary/aromatic N) is 6. The Morgan fingerprint density at radius 2 is 1.74 bits per heavy atom. The second-order valence-corrected chi connectivity index (χ2v) is 7.92. The molecule has 0 spiro atoms. The first-order chi connectivity index (χ1) is 14.9. The Bertz CT molecular complexity index is 1090. The number of piperazine rings is 1. The summed E-state index contributed by atoms with van der Waals surface area (Å²) in [6.45, 7) is 8.79. The average molecular weight is 421 g/mol. The van der Waals surface area contributed by atoms with Gasteiger partial charge in [0.2, 0.25) is 5.91 Å². The van der Waals surface area contributed by atoms with E-state index in [-0.39, 0.29) is 5.91 Å². The van der Waals surface area contributed by atoms with Crippen molar-refractivity contribution in [2.75, 3.05) is 38.2 Å². The molecular formula is C23H28N6O2. The van der Waals surface area contributed by atoms with Crippen molar-refractivity contribution in [2.45, 2.75) is 27.2 Å². The van der Waals surface area contributed by atoms with Crippen LogP contribution in [0.2, 0.25) is 0 Å². The molecule has 1 aromatic carbocycles. The number of rotatable bonds is 5. The molecule has 3 heterocycles. The summed E-state index contributed by atoms with van der Waals surface area (Å²) in [7, 11) is 1.66. The predicted molar refractivity (Wildman–Crippen MR) is 119 cm³/mol. The van der Waals surface area contributed by atoms with Gasteiger partial charge in [-0.2, -0.15) is 5.10 Å². The van der Waals surface area contributed by atoms with Crippen molar-refractivity contribution in [3.8, 4) is 11.6 Å². The van der Waals surface area contributed by atoms with Gasteiger partial charge in [0.15, 0.2) is 5.82 Å². The number of benzene rings is 1. The zero-order valence-electron chi connectivity index (χ0n) is 18.5. The fourth-order valence-corrected chi connectivity index (χ4v) is 4.01. The molecule has 1 amide bonds. The number of hydrogen-bond donors (Lipinski definition) is 0. The summed E-state index contributed by atoms with van der Waals surface area (Å²) in [6.07, 6.45) is 1.98.